The van der Waals surface area contributed by atoms with E-state index >= 15 is 0 Å². The average molecular weight is 152 g/mol. The predicted molar refractivity (Wildman–Crippen MR) is 27.3 cm³/mol. The molecule has 0 rings (SSSR count). The van der Waals surface area contributed by atoms with Crippen LogP contribution in [0.15, 0.2) is 0 Å². The first-order valence-corrected chi connectivity index (χ1v) is 2.05. The molecule has 0 heterocycles. The maximum atomic E-state index is 5.41. The molecule has 0 amide bonds. The van der Waals surface area contributed by atoms with Crippen molar-refractivity contribution in [3.8, 4) is 0 Å². The van der Waals surface area contributed by atoms with E-state index in [1.54, 1.807) is 0 Å². The third kappa shape index (κ3) is 10.7. The van der Waals surface area contributed by atoms with Gasteiger partial charge in [0.15, 0.2) is 0 Å². The largest absolute Gasteiger partial charge is 0.329 e. The molecule has 0 aromatic heterocycles. The van der Waals surface area contributed by atoms with Gasteiger partial charge >= 0.3 is 0 Å². The minimum atomic E-state index is -0.181. The van der Waals surface area contributed by atoms with Crippen LogP contribution in [0.5, 0.6) is 0 Å². The van der Waals surface area contributed by atoms with Crippen LogP contribution in [0.1, 0.15) is 13.8 Å². The Hall–Kier alpha value is 0.439. The Morgan fingerprint density at radius 1 is 1.43 bits per heavy atom. The van der Waals surface area contributed by atoms with Gasteiger partial charge in [0.1, 0.15) is 0 Å². The van der Waals surface area contributed by atoms with Gasteiger partial charge in [-0.1, -0.05) is 0 Å². The van der Waals surface area contributed by atoms with Crippen molar-refractivity contribution in [2.45, 2.75) is 19.4 Å². The molecule has 0 aromatic rings. The summed E-state index contributed by atoms with van der Waals surface area (Å²) in [4.78, 5) is 0. The molecule has 0 aromatic carbocycles. The van der Waals surface area contributed by atoms with E-state index in [0.717, 1.165) is 0 Å². The molecule has 0 saturated carbocycles. The summed E-state index contributed by atoms with van der Waals surface area (Å²) in [5, 5.41) is 0. The third-order valence-electron chi connectivity index (χ3n) is 0.526. The minimum absolute atomic E-state index is 0. The van der Waals surface area contributed by atoms with Crippen molar-refractivity contribution >= 4 is 0 Å². The fourth-order valence-corrected chi connectivity index (χ4v) is 0. The van der Waals surface area contributed by atoms with Gasteiger partial charge in [-0.25, -0.2) is 0 Å². The fraction of sp³-hybridized carbons (Fsp3) is 1.00. The van der Waals surface area contributed by atoms with Crippen LogP contribution in [-0.4, -0.2) is 12.1 Å². The molecular weight excluding hydrogens is 140 g/mol. The number of nitrogens with two attached hydrogens (primary N) is 2. The number of rotatable bonds is 1. The fourth-order valence-electron chi connectivity index (χ4n) is 0. The second-order valence-corrected chi connectivity index (χ2v) is 2.19. The molecule has 0 saturated heterocycles. The summed E-state index contributed by atoms with van der Waals surface area (Å²) in [5.74, 6) is 0. The quantitative estimate of drug-likeness (QED) is 0.505. The molecule has 0 unspecified atom stereocenters. The van der Waals surface area contributed by atoms with Gasteiger partial charge in [-0.2, -0.15) is 0 Å². The molecule has 0 atom stereocenters. The van der Waals surface area contributed by atoms with E-state index in [2.05, 4.69) is 0 Å². The summed E-state index contributed by atoms with van der Waals surface area (Å²) in [7, 11) is 0. The van der Waals surface area contributed by atoms with E-state index in [-0.39, 0.29) is 22.6 Å². The standard InChI is InChI=1S/C4H12N2.Cu/c1-4(2,6)3-5;/h3,5-6H2,1-2H3;. The Morgan fingerprint density at radius 2 is 1.57 bits per heavy atom. The van der Waals surface area contributed by atoms with Crippen molar-refractivity contribution < 1.29 is 17.1 Å². The minimum Gasteiger partial charge on any atom is -0.329 e. The molecule has 7 heavy (non-hydrogen) atoms. The van der Waals surface area contributed by atoms with Gasteiger partial charge in [-0.05, 0) is 13.8 Å². The summed E-state index contributed by atoms with van der Waals surface area (Å²) in [6.45, 7) is 4.34. The first-order chi connectivity index (χ1) is 2.56. The van der Waals surface area contributed by atoms with Crippen molar-refractivity contribution in [3.63, 3.8) is 0 Å². The van der Waals surface area contributed by atoms with Crippen LogP contribution in [0.25, 0.3) is 0 Å². The summed E-state index contributed by atoms with van der Waals surface area (Å²) < 4.78 is 0. The van der Waals surface area contributed by atoms with Crippen molar-refractivity contribution in [1.29, 1.82) is 0 Å². The first-order valence-electron chi connectivity index (χ1n) is 2.05. The Morgan fingerprint density at radius 3 is 1.57 bits per heavy atom. The van der Waals surface area contributed by atoms with E-state index in [4.69, 9.17) is 11.5 Å². The molecule has 0 aliphatic heterocycles. The molecule has 0 fully saturated rings. The van der Waals surface area contributed by atoms with E-state index < -0.39 is 0 Å². The molecule has 1 radical (unpaired) electrons. The number of hydrogen-bond acceptors (Lipinski definition) is 2. The Bertz CT molecular complexity index is 39.4. The van der Waals surface area contributed by atoms with Gasteiger partial charge in [-0.3, -0.25) is 0 Å². The van der Waals surface area contributed by atoms with Gasteiger partial charge < -0.3 is 11.5 Å². The molecule has 0 aliphatic rings. The summed E-state index contributed by atoms with van der Waals surface area (Å²) in [6, 6.07) is 0. The number of hydrogen-bond donors (Lipinski definition) is 2. The van der Waals surface area contributed by atoms with Crippen LogP contribution in [0.3, 0.4) is 0 Å². The Balaban J connectivity index is 0. The van der Waals surface area contributed by atoms with Gasteiger partial charge in [0.2, 0.25) is 0 Å². The van der Waals surface area contributed by atoms with Crippen LogP contribution in [0.4, 0.5) is 0 Å². The molecule has 49 valence electrons. The van der Waals surface area contributed by atoms with Gasteiger partial charge in [0, 0.05) is 29.2 Å². The zero-order chi connectivity index (χ0) is 5.21. The third-order valence-corrected chi connectivity index (χ3v) is 0.526. The second kappa shape index (κ2) is 3.44. The monoisotopic (exact) mass is 151 g/mol. The molecule has 4 N–H and O–H groups in total. The van der Waals surface area contributed by atoms with Crippen LogP contribution in [-0.2, 0) is 17.1 Å². The smallest absolute Gasteiger partial charge is 0.0221 e. The SMILES string of the molecule is CC(C)(N)CN.[Cu]. The average Bonchev–Trinajstić information content (AvgIpc) is 1.35. The van der Waals surface area contributed by atoms with Crippen molar-refractivity contribution in [3.05, 3.63) is 0 Å². The van der Waals surface area contributed by atoms with Crippen molar-refractivity contribution in [1.82, 2.24) is 0 Å². The summed E-state index contributed by atoms with van der Waals surface area (Å²) in [5.41, 5.74) is 10.4. The Labute approximate surface area is 55.1 Å². The van der Waals surface area contributed by atoms with E-state index in [0.29, 0.717) is 6.54 Å². The zero-order valence-corrected chi connectivity index (χ0v) is 5.60. The van der Waals surface area contributed by atoms with Gasteiger partial charge in [0.25, 0.3) is 0 Å². The summed E-state index contributed by atoms with van der Waals surface area (Å²) in [6.07, 6.45) is 0. The maximum absolute atomic E-state index is 5.41. The van der Waals surface area contributed by atoms with Crippen molar-refractivity contribution in [2.75, 3.05) is 6.54 Å². The predicted octanol–water partition coefficient (Wildman–Crippen LogP) is -0.320. The molecule has 0 aliphatic carbocycles. The van der Waals surface area contributed by atoms with E-state index in [1.165, 1.54) is 0 Å². The van der Waals surface area contributed by atoms with Crippen LogP contribution >= 0.6 is 0 Å². The molecule has 3 heteroatoms. The maximum Gasteiger partial charge on any atom is 0.0221 e. The summed E-state index contributed by atoms with van der Waals surface area (Å²) >= 11 is 0. The molecular formula is C4H12CuN2. The topological polar surface area (TPSA) is 52.0 Å². The van der Waals surface area contributed by atoms with Crippen LogP contribution in [0, 0.1) is 0 Å². The molecule has 2 nitrogen and oxygen atoms in total. The normalized spacial score (nSPS) is 10.3. The van der Waals surface area contributed by atoms with Crippen LogP contribution in [0.2, 0.25) is 0 Å². The van der Waals surface area contributed by atoms with Gasteiger partial charge in [0.05, 0.1) is 0 Å². The molecule has 0 bridgehead atoms. The zero-order valence-electron chi connectivity index (χ0n) is 4.66. The van der Waals surface area contributed by atoms with Crippen LogP contribution < -0.4 is 11.5 Å². The Kier molecular flexibility index (Phi) is 5.13. The van der Waals surface area contributed by atoms with Crippen molar-refractivity contribution in [2.24, 2.45) is 11.5 Å². The van der Waals surface area contributed by atoms with E-state index in [1.807, 2.05) is 13.8 Å². The first kappa shape index (κ1) is 10.4. The van der Waals surface area contributed by atoms with Gasteiger partial charge in [-0.15, -0.1) is 0 Å². The second-order valence-electron chi connectivity index (χ2n) is 2.19. The van der Waals surface area contributed by atoms with E-state index in [9.17, 15) is 0 Å². The molecule has 0 spiro atoms.